The van der Waals surface area contributed by atoms with Gasteiger partial charge in [-0.15, -0.1) is 0 Å². The largest absolute Gasteiger partial charge is 0.321 e. The highest BCUT2D eigenvalue weighted by Gasteiger charge is 2.25. The second kappa shape index (κ2) is 7.17. The van der Waals surface area contributed by atoms with Crippen molar-refractivity contribution in [2.75, 3.05) is 10.6 Å². The summed E-state index contributed by atoms with van der Waals surface area (Å²) >= 11 is 12.0. The maximum atomic E-state index is 12.4. The lowest BCUT2D eigenvalue weighted by atomic mass is 10.0. The van der Waals surface area contributed by atoms with Crippen LogP contribution in [0.15, 0.2) is 60.7 Å². The Labute approximate surface area is 182 Å². The van der Waals surface area contributed by atoms with Gasteiger partial charge in [0.05, 0.1) is 11.4 Å². The van der Waals surface area contributed by atoms with E-state index in [0.29, 0.717) is 32.6 Å². The van der Waals surface area contributed by atoms with E-state index < -0.39 is 0 Å². The molecule has 3 aromatic carbocycles. The van der Waals surface area contributed by atoms with Crippen LogP contribution in [-0.4, -0.2) is 11.8 Å². The number of amides is 2. The summed E-state index contributed by atoms with van der Waals surface area (Å²) in [6.07, 6.45) is 3.67. The number of carbonyl (C=O) groups is 2. The van der Waals surface area contributed by atoms with Crippen molar-refractivity contribution in [1.82, 2.24) is 0 Å². The SMILES string of the molecule is O=C1Nc2cc(Cl)ccc2/C1=C\c1cccc(/C=C2/C(=O)Nc3cc(Cl)ccc32)c1. The first-order valence-electron chi connectivity index (χ1n) is 9.24. The van der Waals surface area contributed by atoms with Gasteiger partial charge >= 0.3 is 0 Å². The van der Waals surface area contributed by atoms with Crippen molar-refractivity contribution in [2.24, 2.45) is 0 Å². The predicted molar refractivity (Wildman–Crippen MR) is 122 cm³/mol. The average Bonchev–Trinajstić information content (AvgIpc) is 3.17. The normalized spacial score (nSPS) is 17.1. The molecular formula is C24H14Cl2N2O2. The Morgan fingerprint density at radius 2 is 1.10 bits per heavy atom. The fourth-order valence-electron chi connectivity index (χ4n) is 3.69. The third-order valence-electron chi connectivity index (χ3n) is 5.06. The molecular weight excluding hydrogens is 419 g/mol. The Bertz CT molecular complexity index is 1210. The van der Waals surface area contributed by atoms with E-state index in [-0.39, 0.29) is 11.8 Å². The van der Waals surface area contributed by atoms with Gasteiger partial charge in [0.2, 0.25) is 0 Å². The Morgan fingerprint density at radius 3 is 1.57 bits per heavy atom. The molecule has 4 nitrogen and oxygen atoms in total. The molecule has 3 aromatic rings. The van der Waals surface area contributed by atoms with Gasteiger partial charge in [0.15, 0.2) is 0 Å². The first kappa shape index (κ1) is 18.7. The monoisotopic (exact) mass is 432 g/mol. The number of hydrogen-bond donors (Lipinski definition) is 2. The van der Waals surface area contributed by atoms with Crippen LogP contribution in [-0.2, 0) is 9.59 Å². The van der Waals surface area contributed by atoms with E-state index in [0.717, 1.165) is 22.3 Å². The molecule has 0 bridgehead atoms. The highest BCUT2D eigenvalue weighted by atomic mass is 35.5. The third kappa shape index (κ3) is 3.30. The van der Waals surface area contributed by atoms with E-state index in [1.54, 1.807) is 24.3 Å². The van der Waals surface area contributed by atoms with Gasteiger partial charge in [-0.25, -0.2) is 0 Å². The van der Waals surface area contributed by atoms with Crippen LogP contribution in [0.5, 0.6) is 0 Å². The zero-order valence-electron chi connectivity index (χ0n) is 15.5. The van der Waals surface area contributed by atoms with Crippen LogP contribution in [0.3, 0.4) is 0 Å². The summed E-state index contributed by atoms with van der Waals surface area (Å²) in [5.41, 5.74) is 5.89. The Kier molecular flexibility index (Phi) is 4.46. The van der Waals surface area contributed by atoms with Crippen LogP contribution in [0.1, 0.15) is 22.3 Å². The van der Waals surface area contributed by atoms with Gasteiger partial charge in [0, 0.05) is 32.3 Å². The van der Waals surface area contributed by atoms with Crippen LogP contribution in [0, 0.1) is 0 Å². The first-order valence-corrected chi connectivity index (χ1v) is 9.99. The summed E-state index contributed by atoms with van der Waals surface area (Å²) in [7, 11) is 0. The summed E-state index contributed by atoms with van der Waals surface area (Å²) < 4.78 is 0. The van der Waals surface area contributed by atoms with Crippen molar-refractivity contribution in [3.05, 3.63) is 93.0 Å². The van der Waals surface area contributed by atoms with Crippen LogP contribution < -0.4 is 10.6 Å². The number of fused-ring (bicyclic) bond motifs is 2. The van der Waals surface area contributed by atoms with Crippen LogP contribution in [0.25, 0.3) is 23.3 Å². The van der Waals surface area contributed by atoms with Crippen molar-refractivity contribution < 1.29 is 9.59 Å². The second-order valence-corrected chi connectivity index (χ2v) is 7.95. The van der Waals surface area contributed by atoms with Crippen LogP contribution in [0.4, 0.5) is 11.4 Å². The molecule has 0 radical (unpaired) electrons. The fraction of sp³-hybridized carbons (Fsp3) is 0. The molecule has 2 amide bonds. The molecule has 0 atom stereocenters. The predicted octanol–water partition coefficient (Wildman–Crippen LogP) is 5.98. The highest BCUT2D eigenvalue weighted by molar-refractivity contribution is 6.37. The molecule has 0 saturated carbocycles. The van der Waals surface area contributed by atoms with Gasteiger partial charge in [-0.3, -0.25) is 9.59 Å². The molecule has 30 heavy (non-hydrogen) atoms. The molecule has 2 aliphatic rings. The summed E-state index contributed by atoms with van der Waals surface area (Å²) in [5.74, 6) is -0.339. The molecule has 0 aromatic heterocycles. The Morgan fingerprint density at radius 1 is 0.633 bits per heavy atom. The lowest BCUT2D eigenvalue weighted by molar-refractivity contribution is -0.111. The van der Waals surface area contributed by atoms with Crippen molar-refractivity contribution >= 4 is 69.7 Å². The Hall–Kier alpha value is -3.34. The van der Waals surface area contributed by atoms with Gasteiger partial charge < -0.3 is 10.6 Å². The smallest absolute Gasteiger partial charge is 0.256 e. The summed E-state index contributed by atoms with van der Waals surface area (Å²) in [4.78, 5) is 24.8. The molecule has 0 unspecified atom stereocenters. The lowest BCUT2D eigenvalue weighted by Crippen LogP contribution is -2.03. The average molecular weight is 433 g/mol. The summed E-state index contributed by atoms with van der Waals surface area (Å²) in [6.45, 7) is 0. The van der Waals surface area contributed by atoms with Crippen LogP contribution in [0.2, 0.25) is 10.0 Å². The van der Waals surface area contributed by atoms with Gasteiger partial charge in [0.1, 0.15) is 0 Å². The summed E-state index contributed by atoms with van der Waals surface area (Å²) in [6, 6.07) is 18.3. The topological polar surface area (TPSA) is 58.2 Å². The molecule has 2 aliphatic heterocycles. The zero-order chi connectivity index (χ0) is 20.8. The molecule has 146 valence electrons. The maximum absolute atomic E-state index is 12.4. The number of benzene rings is 3. The highest BCUT2D eigenvalue weighted by Crippen LogP contribution is 2.36. The van der Waals surface area contributed by atoms with E-state index in [4.69, 9.17) is 23.2 Å². The van der Waals surface area contributed by atoms with Crippen LogP contribution >= 0.6 is 23.2 Å². The van der Waals surface area contributed by atoms with Crippen molar-refractivity contribution in [2.45, 2.75) is 0 Å². The van der Waals surface area contributed by atoms with Gasteiger partial charge in [0.25, 0.3) is 11.8 Å². The summed E-state index contributed by atoms with van der Waals surface area (Å²) in [5, 5.41) is 6.81. The standard InChI is InChI=1S/C24H14Cl2N2O2/c25-15-4-6-17-19(23(29)27-21(17)11-15)9-13-2-1-3-14(8-13)10-20-18-7-5-16(26)12-22(18)28-24(20)30/h1-12H,(H,27,29)(H,28,30)/b19-9+,20-10+. The number of anilines is 2. The minimum Gasteiger partial charge on any atom is -0.321 e. The van der Waals surface area contributed by atoms with Gasteiger partial charge in [-0.2, -0.15) is 0 Å². The number of rotatable bonds is 2. The fourth-order valence-corrected chi connectivity index (χ4v) is 4.04. The number of halogens is 2. The molecule has 6 heteroatoms. The molecule has 2 N–H and O–H groups in total. The van der Waals surface area contributed by atoms with E-state index in [9.17, 15) is 9.59 Å². The second-order valence-electron chi connectivity index (χ2n) is 7.07. The minimum absolute atomic E-state index is 0.169. The van der Waals surface area contributed by atoms with Gasteiger partial charge in [-0.1, -0.05) is 53.5 Å². The van der Waals surface area contributed by atoms with E-state index in [1.807, 2.05) is 48.6 Å². The van der Waals surface area contributed by atoms with Crippen molar-refractivity contribution in [3.63, 3.8) is 0 Å². The van der Waals surface area contributed by atoms with E-state index >= 15 is 0 Å². The molecule has 0 saturated heterocycles. The quantitative estimate of drug-likeness (QED) is 0.489. The zero-order valence-corrected chi connectivity index (χ0v) is 17.0. The Balaban J connectivity index is 1.52. The molecule has 0 aliphatic carbocycles. The lowest BCUT2D eigenvalue weighted by Gasteiger charge is -2.02. The van der Waals surface area contributed by atoms with Crippen molar-refractivity contribution in [1.29, 1.82) is 0 Å². The maximum Gasteiger partial charge on any atom is 0.256 e. The van der Waals surface area contributed by atoms with Crippen molar-refractivity contribution in [3.8, 4) is 0 Å². The van der Waals surface area contributed by atoms with E-state index in [1.165, 1.54) is 0 Å². The third-order valence-corrected chi connectivity index (χ3v) is 5.53. The molecule has 0 spiro atoms. The minimum atomic E-state index is -0.169. The number of carbonyl (C=O) groups excluding carboxylic acids is 2. The first-order chi connectivity index (χ1) is 14.5. The molecule has 0 fully saturated rings. The van der Waals surface area contributed by atoms with Gasteiger partial charge in [-0.05, 0) is 53.6 Å². The number of nitrogens with one attached hydrogen (secondary N) is 2. The van der Waals surface area contributed by atoms with E-state index in [2.05, 4.69) is 10.6 Å². The molecule has 2 heterocycles. The number of hydrogen-bond acceptors (Lipinski definition) is 2. The molecule has 5 rings (SSSR count).